The third-order valence-corrected chi connectivity index (χ3v) is 5.18. The summed E-state index contributed by atoms with van der Waals surface area (Å²) in [5.41, 5.74) is 1.03. The molecule has 1 aliphatic heterocycles. The van der Waals surface area contributed by atoms with Gasteiger partial charge in [0, 0.05) is 43.1 Å². The molecule has 1 unspecified atom stereocenters. The summed E-state index contributed by atoms with van der Waals surface area (Å²) >= 11 is 3.42. The van der Waals surface area contributed by atoms with Gasteiger partial charge in [0.15, 0.2) is 0 Å². The molecular weight excluding hydrogens is 276 g/mol. The van der Waals surface area contributed by atoms with Crippen molar-refractivity contribution >= 4 is 22.7 Å². The first kappa shape index (κ1) is 13.2. The zero-order valence-electron chi connectivity index (χ0n) is 11.0. The lowest BCUT2D eigenvalue weighted by Crippen LogP contribution is -2.45. The lowest BCUT2D eigenvalue weighted by molar-refractivity contribution is 0.169. The van der Waals surface area contributed by atoms with Crippen molar-refractivity contribution in [3.05, 3.63) is 22.0 Å². The average Bonchev–Trinajstić information content (AvgIpc) is 3.11. The van der Waals surface area contributed by atoms with Crippen molar-refractivity contribution < 1.29 is 0 Å². The molecule has 1 N–H and O–H groups in total. The number of thiazole rings is 2. The first-order valence-corrected chi connectivity index (χ1v) is 8.44. The molecule has 3 rings (SSSR count). The minimum Gasteiger partial charge on any atom is -0.314 e. The summed E-state index contributed by atoms with van der Waals surface area (Å²) in [6, 6.07) is 0.459. The van der Waals surface area contributed by atoms with Crippen LogP contribution in [0.2, 0.25) is 0 Å². The van der Waals surface area contributed by atoms with Crippen LogP contribution in [-0.4, -0.2) is 41.0 Å². The van der Waals surface area contributed by atoms with Crippen molar-refractivity contribution in [1.82, 2.24) is 20.2 Å². The van der Waals surface area contributed by atoms with Crippen molar-refractivity contribution in [2.75, 3.05) is 26.2 Å². The van der Waals surface area contributed by atoms with Gasteiger partial charge in [0.1, 0.15) is 15.7 Å². The van der Waals surface area contributed by atoms with E-state index >= 15 is 0 Å². The van der Waals surface area contributed by atoms with Gasteiger partial charge in [0.2, 0.25) is 0 Å². The van der Waals surface area contributed by atoms with Gasteiger partial charge in [-0.05, 0) is 6.42 Å². The number of piperazine rings is 1. The Morgan fingerprint density at radius 2 is 2.21 bits per heavy atom. The average molecular weight is 294 g/mol. The van der Waals surface area contributed by atoms with Crippen molar-refractivity contribution in [2.45, 2.75) is 19.4 Å². The van der Waals surface area contributed by atoms with Crippen LogP contribution in [0.25, 0.3) is 10.7 Å². The van der Waals surface area contributed by atoms with Gasteiger partial charge in [-0.2, -0.15) is 0 Å². The second-order valence-electron chi connectivity index (χ2n) is 4.62. The van der Waals surface area contributed by atoms with Crippen LogP contribution < -0.4 is 5.32 Å². The number of hydrogen-bond donors (Lipinski definition) is 1. The molecule has 0 saturated carbocycles. The molecule has 1 aliphatic rings. The second kappa shape index (κ2) is 6.09. The lowest BCUT2D eigenvalue weighted by atomic mass is 10.2. The molecule has 0 spiro atoms. The molecule has 19 heavy (non-hydrogen) atoms. The minimum absolute atomic E-state index is 0.459. The SMILES string of the molecule is CCC(c1nc(-c2nccs2)cs1)N1CCNCC1. The fourth-order valence-corrected chi connectivity index (χ4v) is 4.16. The van der Waals surface area contributed by atoms with Crippen LogP contribution in [-0.2, 0) is 0 Å². The van der Waals surface area contributed by atoms with E-state index in [1.54, 1.807) is 22.7 Å². The van der Waals surface area contributed by atoms with Gasteiger partial charge >= 0.3 is 0 Å². The molecule has 2 aromatic heterocycles. The number of aromatic nitrogens is 2. The molecule has 0 aromatic carbocycles. The standard InChI is InChI=1S/C13H18N4S2/c1-2-11(17-6-3-14-4-7-17)13-16-10(9-19-13)12-15-5-8-18-12/h5,8-9,11,14H,2-4,6-7H2,1H3. The largest absolute Gasteiger partial charge is 0.314 e. The first-order chi connectivity index (χ1) is 9.38. The summed E-state index contributed by atoms with van der Waals surface area (Å²) in [5, 5.41) is 9.80. The van der Waals surface area contributed by atoms with E-state index in [1.807, 2.05) is 11.6 Å². The Morgan fingerprint density at radius 3 is 2.89 bits per heavy atom. The van der Waals surface area contributed by atoms with Crippen LogP contribution in [0.15, 0.2) is 17.0 Å². The van der Waals surface area contributed by atoms with Gasteiger partial charge in [-0.3, -0.25) is 4.90 Å². The van der Waals surface area contributed by atoms with Crippen LogP contribution in [0, 0.1) is 0 Å². The molecule has 1 saturated heterocycles. The van der Waals surface area contributed by atoms with Crippen molar-refractivity contribution in [3.63, 3.8) is 0 Å². The van der Waals surface area contributed by atoms with E-state index in [9.17, 15) is 0 Å². The fraction of sp³-hybridized carbons (Fsp3) is 0.538. The van der Waals surface area contributed by atoms with E-state index in [0.717, 1.165) is 43.3 Å². The van der Waals surface area contributed by atoms with Crippen LogP contribution in [0.4, 0.5) is 0 Å². The molecule has 3 heterocycles. The van der Waals surface area contributed by atoms with Crippen LogP contribution in [0.3, 0.4) is 0 Å². The van der Waals surface area contributed by atoms with E-state index in [4.69, 9.17) is 4.98 Å². The highest BCUT2D eigenvalue weighted by Gasteiger charge is 2.23. The summed E-state index contributed by atoms with van der Waals surface area (Å²) in [4.78, 5) is 11.7. The fourth-order valence-electron chi connectivity index (χ4n) is 2.47. The molecule has 1 atom stereocenters. The topological polar surface area (TPSA) is 41.1 Å². The van der Waals surface area contributed by atoms with Gasteiger partial charge in [0.25, 0.3) is 0 Å². The number of nitrogens with zero attached hydrogens (tertiary/aromatic N) is 3. The monoisotopic (exact) mass is 294 g/mol. The maximum Gasteiger partial charge on any atom is 0.142 e. The predicted molar refractivity (Wildman–Crippen MR) is 80.7 cm³/mol. The molecule has 0 radical (unpaired) electrons. The molecule has 2 aromatic rings. The molecule has 1 fully saturated rings. The minimum atomic E-state index is 0.459. The molecular formula is C13H18N4S2. The summed E-state index contributed by atoms with van der Waals surface area (Å²) in [7, 11) is 0. The van der Waals surface area contributed by atoms with Crippen LogP contribution in [0.1, 0.15) is 24.4 Å². The Labute approximate surface area is 121 Å². The normalized spacial score (nSPS) is 18.6. The summed E-state index contributed by atoms with van der Waals surface area (Å²) in [6.07, 6.45) is 2.96. The van der Waals surface area contributed by atoms with Gasteiger partial charge in [-0.25, -0.2) is 9.97 Å². The Bertz CT molecular complexity index is 502. The van der Waals surface area contributed by atoms with Gasteiger partial charge < -0.3 is 5.32 Å². The highest BCUT2D eigenvalue weighted by molar-refractivity contribution is 7.14. The molecule has 102 valence electrons. The van der Waals surface area contributed by atoms with E-state index in [-0.39, 0.29) is 0 Å². The summed E-state index contributed by atoms with van der Waals surface area (Å²) in [6.45, 7) is 6.65. The number of hydrogen-bond acceptors (Lipinski definition) is 6. The maximum atomic E-state index is 4.80. The Kier molecular flexibility index (Phi) is 4.22. The van der Waals surface area contributed by atoms with Crippen LogP contribution >= 0.6 is 22.7 Å². The van der Waals surface area contributed by atoms with E-state index in [1.165, 1.54) is 5.01 Å². The lowest BCUT2D eigenvalue weighted by Gasteiger charge is -2.33. The van der Waals surface area contributed by atoms with Crippen molar-refractivity contribution in [1.29, 1.82) is 0 Å². The van der Waals surface area contributed by atoms with Gasteiger partial charge in [-0.1, -0.05) is 6.92 Å². The van der Waals surface area contributed by atoms with Crippen LogP contribution in [0.5, 0.6) is 0 Å². The first-order valence-electron chi connectivity index (χ1n) is 6.68. The molecule has 0 amide bonds. The molecule has 4 nitrogen and oxygen atoms in total. The zero-order chi connectivity index (χ0) is 13.1. The third kappa shape index (κ3) is 2.86. The highest BCUT2D eigenvalue weighted by atomic mass is 32.1. The van der Waals surface area contributed by atoms with E-state index in [0.29, 0.717) is 6.04 Å². The van der Waals surface area contributed by atoms with E-state index < -0.39 is 0 Å². The maximum absolute atomic E-state index is 4.80. The van der Waals surface area contributed by atoms with E-state index in [2.05, 4.69) is 27.5 Å². The third-order valence-electron chi connectivity index (χ3n) is 3.44. The Hall–Kier alpha value is -0.820. The quantitative estimate of drug-likeness (QED) is 0.941. The van der Waals surface area contributed by atoms with Crippen molar-refractivity contribution in [3.8, 4) is 10.7 Å². The molecule has 0 bridgehead atoms. The zero-order valence-corrected chi connectivity index (χ0v) is 12.6. The Balaban J connectivity index is 1.79. The second-order valence-corrected chi connectivity index (χ2v) is 6.40. The highest BCUT2D eigenvalue weighted by Crippen LogP contribution is 2.31. The molecule has 6 heteroatoms. The van der Waals surface area contributed by atoms with Gasteiger partial charge in [0.05, 0.1) is 6.04 Å². The number of rotatable bonds is 4. The summed E-state index contributed by atoms with van der Waals surface area (Å²) < 4.78 is 0. The molecule has 0 aliphatic carbocycles. The Morgan fingerprint density at radius 1 is 1.37 bits per heavy atom. The predicted octanol–water partition coefficient (Wildman–Crippen LogP) is 2.62. The summed E-state index contributed by atoms with van der Waals surface area (Å²) in [5.74, 6) is 0. The van der Waals surface area contributed by atoms with Gasteiger partial charge in [-0.15, -0.1) is 22.7 Å². The van der Waals surface area contributed by atoms with Crippen molar-refractivity contribution in [2.24, 2.45) is 0 Å². The number of nitrogens with one attached hydrogen (secondary N) is 1. The smallest absolute Gasteiger partial charge is 0.142 e.